The van der Waals surface area contributed by atoms with Crippen LogP contribution in [0.4, 0.5) is 0 Å². The minimum atomic E-state index is -0.397. The Labute approximate surface area is 130 Å². The molecule has 1 fully saturated rings. The Morgan fingerprint density at radius 1 is 1.30 bits per heavy atom. The number of aliphatic hydroxyl groups is 1. The molecule has 0 bridgehead atoms. The van der Waals surface area contributed by atoms with Gasteiger partial charge >= 0.3 is 0 Å². The summed E-state index contributed by atoms with van der Waals surface area (Å²) in [4.78, 5) is 2.36. The van der Waals surface area contributed by atoms with E-state index in [0.717, 1.165) is 42.9 Å². The van der Waals surface area contributed by atoms with Gasteiger partial charge in [0, 0.05) is 24.2 Å². The first-order valence-electron chi connectivity index (χ1n) is 7.42. The number of ether oxygens (including phenoxy) is 1. The van der Waals surface area contributed by atoms with Crippen LogP contribution in [0.2, 0.25) is 0 Å². The molecule has 0 aromatic heterocycles. The standard InChI is InChI=1S/C16H24BrNO2/c1-2-20-12-13-7-9-18(10-8-13)11-16(19)14-3-5-15(17)6-4-14/h3-6,13,16,19H,2,7-12H2,1H3. The van der Waals surface area contributed by atoms with Crippen molar-refractivity contribution in [2.75, 3.05) is 32.8 Å². The summed E-state index contributed by atoms with van der Waals surface area (Å²) in [6.45, 7) is 6.59. The highest BCUT2D eigenvalue weighted by molar-refractivity contribution is 9.10. The third kappa shape index (κ3) is 4.85. The van der Waals surface area contributed by atoms with Gasteiger partial charge in [-0.1, -0.05) is 28.1 Å². The van der Waals surface area contributed by atoms with Crippen molar-refractivity contribution in [2.24, 2.45) is 5.92 Å². The van der Waals surface area contributed by atoms with Gasteiger partial charge in [0.15, 0.2) is 0 Å². The van der Waals surface area contributed by atoms with Crippen molar-refractivity contribution in [1.29, 1.82) is 0 Å². The van der Waals surface area contributed by atoms with Crippen LogP contribution in [0, 0.1) is 5.92 Å². The van der Waals surface area contributed by atoms with Crippen LogP contribution in [0.5, 0.6) is 0 Å². The summed E-state index contributed by atoms with van der Waals surface area (Å²) in [6.07, 6.45) is 1.95. The van der Waals surface area contributed by atoms with Gasteiger partial charge in [0.1, 0.15) is 0 Å². The zero-order valence-corrected chi connectivity index (χ0v) is 13.7. The summed E-state index contributed by atoms with van der Waals surface area (Å²) >= 11 is 3.42. The molecule has 0 aliphatic carbocycles. The Bertz CT molecular complexity index is 388. The van der Waals surface area contributed by atoms with Gasteiger partial charge in [-0.2, -0.15) is 0 Å². The second-order valence-electron chi connectivity index (χ2n) is 5.47. The first kappa shape index (κ1) is 16.0. The van der Waals surface area contributed by atoms with Gasteiger partial charge in [0.25, 0.3) is 0 Å². The molecule has 0 radical (unpaired) electrons. The van der Waals surface area contributed by atoms with E-state index in [1.807, 2.05) is 31.2 Å². The summed E-state index contributed by atoms with van der Waals surface area (Å²) in [6, 6.07) is 7.92. The highest BCUT2D eigenvalue weighted by Gasteiger charge is 2.21. The molecule has 1 aliphatic heterocycles. The number of piperidine rings is 1. The van der Waals surface area contributed by atoms with E-state index in [2.05, 4.69) is 20.8 Å². The van der Waals surface area contributed by atoms with Crippen LogP contribution in [0.15, 0.2) is 28.7 Å². The number of rotatable bonds is 6. The van der Waals surface area contributed by atoms with E-state index in [1.165, 1.54) is 12.8 Å². The van der Waals surface area contributed by atoms with Crippen molar-refractivity contribution in [3.05, 3.63) is 34.3 Å². The summed E-state index contributed by atoms with van der Waals surface area (Å²) in [7, 11) is 0. The average Bonchev–Trinajstić information content (AvgIpc) is 2.47. The Kier molecular flexibility index (Phi) is 6.49. The zero-order chi connectivity index (χ0) is 14.4. The average molecular weight is 342 g/mol. The van der Waals surface area contributed by atoms with Gasteiger partial charge in [0.2, 0.25) is 0 Å². The first-order valence-corrected chi connectivity index (χ1v) is 8.22. The van der Waals surface area contributed by atoms with Crippen LogP contribution in [-0.2, 0) is 4.74 Å². The van der Waals surface area contributed by atoms with E-state index in [0.29, 0.717) is 5.92 Å². The smallest absolute Gasteiger partial charge is 0.0916 e. The topological polar surface area (TPSA) is 32.7 Å². The van der Waals surface area contributed by atoms with Gasteiger partial charge < -0.3 is 14.7 Å². The van der Waals surface area contributed by atoms with E-state index in [1.54, 1.807) is 0 Å². The van der Waals surface area contributed by atoms with Gasteiger partial charge in [0.05, 0.1) is 6.10 Å². The molecule has 1 heterocycles. The molecule has 20 heavy (non-hydrogen) atoms. The van der Waals surface area contributed by atoms with Crippen LogP contribution >= 0.6 is 15.9 Å². The number of benzene rings is 1. The number of aliphatic hydroxyl groups excluding tert-OH is 1. The van der Waals surface area contributed by atoms with E-state index in [4.69, 9.17) is 4.74 Å². The molecule has 1 aromatic carbocycles. The summed E-state index contributed by atoms with van der Waals surface area (Å²) in [5.74, 6) is 0.691. The fraction of sp³-hybridized carbons (Fsp3) is 0.625. The van der Waals surface area contributed by atoms with Crippen LogP contribution < -0.4 is 0 Å². The summed E-state index contributed by atoms with van der Waals surface area (Å²) < 4.78 is 6.54. The quantitative estimate of drug-likeness (QED) is 0.862. The first-order chi connectivity index (χ1) is 9.69. The molecule has 4 heteroatoms. The Morgan fingerprint density at radius 3 is 2.55 bits per heavy atom. The maximum atomic E-state index is 10.3. The largest absolute Gasteiger partial charge is 0.387 e. The fourth-order valence-electron chi connectivity index (χ4n) is 2.66. The second kappa shape index (κ2) is 8.13. The number of halogens is 1. The molecular weight excluding hydrogens is 318 g/mol. The van der Waals surface area contributed by atoms with Crippen molar-refractivity contribution in [1.82, 2.24) is 4.90 Å². The normalized spacial score (nSPS) is 19.1. The molecule has 0 spiro atoms. The number of likely N-dealkylation sites (tertiary alicyclic amines) is 1. The van der Waals surface area contributed by atoms with Crippen LogP contribution in [0.25, 0.3) is 0 Å². The fourth-order valence-corrected chi connectivity index (χ4v) is 2.92. The highest BCUT2D eigenvalue weighted by Crippen LogP contribution is 2.22. The maximum absolute atomic E-state index is 10.3. The van der Waals surface area contributed by atoms with E-state index in [9.17, 15) is 5.11 Å². The summed E-state index contributed by atoms with van der Waals surface area (Å²) in [5, 5.41) is 10.3. The van der Waals surface area contributed by atoms with Crippen molar-refractivity contribution >= 4 is 15.9 Å². The number of β-amino-alcohol motifs (C(OH)–C–C–N with tert-alkyl or cyclic N) is 1. The molecule has 3 nitrogen and oxygen atoms in total. The van der Waals surface area contributed by atoms with Crippen LogP contribution in [0.3, 0.4) is 0 Å². The molecule has 1 N–H and O–H groups in total. The van der Waals surface area contributed by atoms with E-state index < -0.39 is 6.10 Å². The molecular formula is C16H24BrNO2. The number of hydrogen-bond acceptors (Lipinski definition) is 3. The predicted octanol–water partition coefficient (Wildman–Crippen LogP) is 3.23. The van der Waals surface area contributed by atoms with E-state index in [-0.39, 0.29) is 0 Å². The SMILES string of the molecule is CCOCC1CCN(CC(O)c2ccc(Br)cc2)CC1. The van der Waals surface area contributed by atoms with Gasteiger partial charge in [-0.15, -0.1) is 0 Å². The lowest BCUT2D eigenvalue weighted by molar-refractivity contribution is 0.0534. The highest BCUT2D eigenvalue weighted by atomic mass is 79.9. The van der Waals surface area contributed by atoms with Gasteiger partial charge in [-0.25, -0.2) is 0 Å². The predicted molar refractivity (Wildman–Crippen MR) is 84.8 cm³/mol. The minimum Gasteiger partial charge on any atom is -0.387 e. The molecule has 1 aliphatic rings. The third-order valence-electron chi connectivity index (χ3n) is 3.95. The molecule has 0 amide bonds. The van der Waals surface area contributed by atoms with Crippen molar-refractivity contribution in [2.45, 2.75) is 25.9 Å². The van der Waals surface area contributed by atoms with Crippen molar-refractivity contribution in [3.8, 4) is 0 Å². The molecule has 1 unspecified atom stereocenters. The molecule has 2 rings (SSSR count). The lowest BCUT2D eigenvalue weighted by Gasteiger charge is -2.33. The van der Waals surface area contributed by atoms with Crippen LogP contribution in [-0.4, -0.2) is 42.9 Å². The summed E-state index contributed by atoms with van der Waals surface area (Å²) in [5.41, 5.74) is 0.990. The molecule has 112 valence electrons. The number of hydrogen-bond donors (Lipinski definition) is 1. The van der Waals surface area contributed by atoms with Gasteiger partial charge in [-0.05, 0) is 56.5 Å². The third-order valence-corrected chi connectivity index (χ3v) is 4.48. The van der Waals surface area contributed by atoms with Crippen LogP contribution in [0.1, 0.15) is 31.4 Å². The zero-order valence-electron chi connectivity index (χ0n) is 12.1. The minimum absolute atomic E-state index is 0.397. The monoisotopic (exact) mass is 341 g/mol. The second-order valence-corrected chi connectivity index (χ2v) is 6.39. The molecule has 1 aromatic rings. The maximum Gasteiger partial charge on any atom is 0.0916 e. The van der Waals surface area contributed by atoms with Crippen molar-refractivity contribution in [3.63, 3.8) is 0 Å². The van der Waals surface area contributed by atoms with Crippen molar-refractivity contribution < 1.29 is 9.84 Å². The molecule has 0 saturated carbocycles. The lowest BCUT2D eigenvalue weighted by Crippen LogP contribution is -2.37. The lowest BCUT2D eigenvalue weighted by atomic mass is 9.97. The molecule has 1 atom stereocenters. The Balaban J connectivity index is 1.76. The van der Waals surface area contributed by atoms with E-state index >= 15 is 0 Å². The molecule has 1 saturated heterocycles. The number of nitrogens with zero attached hydrogens (tertiary/aromatic N) is 1. The van der Waals surface area contributed by atoms with Gasteiger partial charge in [-0.3, -0.25) is 0 Å². The Morgan fingerprint density at radius 2 is 1.95 bits per heavy atom. The Hall–Kier alpha value is -0.420.